The maximum Gasteiger partial charge on any atom is 0.407 e. The van der Waals surface area contributed by atoms with Gasteiger partial charge in [-0.15, -0.1) is 10.2 Å². The summed E-state index contributed by atoms with van der Waals surface area (Å²) >= 11 is 1.49. The van der Waals surface area contributed by atoms with E-state index in [9.17, 15) is 4.79 Å². The van der Waals surface area contributed by atoms with E-state index in [1.54, 1.807) is 0 Å². The molecule has 3 N–H and O–H groups in total. The van der Waals surface area contributed by atoms with Crippen LogP contribution in [0.1, 0.15) is 19.9 Å². The van der Waals surface area contributed by atoms with Crippen LogP contribution in [0.2, 0.25) is 0 Å². The molecule has 1 unspecified atom stereocenters. The lowest BCUT2D eigenvalue weighted by molar-refractivity contribution is 0.150. The summed E-state index contributed by atoms with van der Waals surface area (Å²) in [5.41, 5.74) is 5.73. The van der Waals surface area contributed by atoms with E-state index in [-0.39, 0.29) is 18.2 Å². The number of hydrogen-bond acceptors (Lipinski definition) is 6. The van der Waals surface area contributed by atoms with Crippen LogP contribution in [0.5, 0.6) is 0 Å². The number of nitrogens with zero attached hydrogens (tertiary/aromatic N) is 3. The lowest BCUT2D eigenvalue weighted by Crippen LogP contribution is -2.17. The minimum atomic E-state index is -0.361. The molecular weight excluding hydrogens is 242 g/mol. The Morgan fingerprint density at radius 1 is 1.65 bits per heavy atom. The molecule has 2 rings (SSSR count). The molecule has 0 saturated carbocycles. The third-order valence-electron chi connectivity index (χ3n) is 2.35. The fraction of sp³-hybridized carbons (Fsp3) is 0.667. The average Bonchev–Trinajstić information content (AvgIpc) is 2.82. The summed E-state index contributed by atoms with van der Waals surface area (Å²) in [7, 11) is 0. The van der Waals surface area contributed by atoms with Crippen LogP contribution >= 0.6 is 11.8 Å². The van der Waals surface area contributed by atoms with Crippen molar-refractivity contribution in [2.24, 2.45) is 0 Å². The zero-order valence-corrected chi connectivity index (χ0v) is 10.5. The van der Waals surface area contributed by atoms with Gasteiger partial charge >= 0.3 is 6.09 Å². The van der Waals surface area contributed by atoms with Gasteiger partial charge in [-0.3, -0.25) is 4.57 Å². The van der Waals surface area contributed by atoms with Crippen LogP contribution in [0.4, 0.5) is 10.7 Å². The molecule has 17 heavy (non-hydrogen) atoms. The Morgan fingerprint density at radius 3 is 3.00 bits per heavy atom. The van der Waals surface area contributed by atoms with Crippen molar-refractivity contribution in [1.82, 2.24) is 20.1 Å². The largest absolute Gasteiger partial charge is 0.443 e. The highest BCUT2D eigenvalue weighted by Crippen LogP contribution is 2.24. The first-order valence-electron chi connectivity index (χ1n) is 5.35. The van der Waals surface area contributed by atoms with E-state index in [1.165, 1.54) is 11.8 Å². The Bertz CT molecular complexity index is 420. The minimum Gasteiger partial charge on any atom is -0.443 e. The Labute approximate surface area is 103 Å². The van der Waals surface area contributed by atoms with Crippen molar-refractivity contribution in [2.45, 2.75) is 31.1 Å². The van der Waals surface area contributed by atoms with Gasteiger partial charge < -0.3 is 15.8 Å². The first kappa shape index (κ1) is 12.0. The van der Waals surface area contributed by atoms with E-state index in [0.717, 1.165) is 5.16 Å². The molecule has 1 atom stereocenters. The normalized spacial score (nSPS) is 19.5. The summed E-state index contributed by atoms with van der Waals surface area (Å²) in [4.78, 5) is 10.8. The predicted molar refractivity (Wildman–Crippen MR) is 63.8 cm³/mol. The number of ether oxygens (including phenoxy) is 1. The van der Waals surface area contributed by atoms with Crippen molar-refractivity contribution in [3.63, 3.8) is 0 Å². The standard InChI is InChI=1S/C9H15N5O2S/c1-5(2)14-7(10)12-13-8(14)17-4-6-3-11-9(15)16-6/h5-6H,3-4H2,1-2H3,(H2,10,12)(H,11,15). The summed E-state index contributed by atoms with van der Waals surface area (Å²) < 4.78 is 6.89. The third-order valence-corrected chi connectivity index (χ3v) is 3.43. The third kappa shape index (κ3) is 2.63. The zero-order valence-electron chi connectivity index (χ0n) is 9.71. The SMILES string of the molecule is CC(C)n1c(N)nnc1SCC1CNC(=O)O1. The lowest BCUT2D eigenvalue weighted by atomic mass is 10.4. The average molecular weight is 257 g/mol. The van der Waals surface area contributed by atoms with E-state index >= 15 is 0 Å². The number of cyclic esters (lactones) is 1. The van der Waals surface area contributed by atoms with Gasteiger partial charge in [-0.25, -0.2) is 4.79 Å². The molecule has 0 aliphatic carbocycles. The summed E-state index contributed by atoms with van der Waals surface area (Å²) in [5.74, 6) is 1.05. The molecule has 1 aliphatic rings. The molecule has 1 aromatic heterocycles. The Hall–Kier alpha value is -1.44. The molecule has 94 valence electrons. The quantitative estimate of drug-likeness (QED) is 0.769. The highest BCUT2D eigenvalue weighted by atomic mass is 32.2. The Balaban J connectivity index is 1.97. The molecule has 0 aromatic carbocycles. The number of thioether (sulfide) groups is 1. The number of amides is 1. The van der Waals surface area contributed by atoms with Crippen molar-refractivity contribution in [3.05, 3.63) is 0 Å². The van der Waals surface area contributed by atoms with Gasteiger partial charge in [0.05, 0.1) is 6.54 Å². The molecule has 0 radical (unpaired) electrons. The second-order valence-electron chi connectivity index (χ2n) is 4.02. The summed E-state index contributed by atoms with van der Waals surface area (Å²) in [6.45, 7) is 4.57. The summed E-state index contributed by atoms with van der Waals surface area (Å²) in [5, 5.41) is 11.2. The topological polar surface area (TPSA) is 95.1 Å². The molecule has 0 bridgehead atoms. The van der Waals surface area contributed by atoms with Crippen LogP contribution in [0.15, 0.2) is 5.16 Å². The van der Waals surface area contributed by atoms with Gasteiger partial charge in [0, 0.05) is 11.8 Å². The van der Waals surface area contributed by atoms with Gasteiger partial charge in [-0.05, 0) is 13.8 Å². The first-order valence-corrected chi connectivity index (χ1v) is 6.34. The summed E-state index contributed by atoms with van der Waals surface area (Å²) in [6.07, 6.45) is -0.480. The first-order chi connectivity index (χ1) is 8.08. The van der Waals surface area contributed by atoms with Gasteiger partial charge in [0.15, 0.2) is 5.16 Å². The Kier molecular flexibility index (Phi) is 3.41. The van der Waals surface area contributed by atoms with E-state index in [0.29, 0.717) is 18.2 Å². The van der Waals surface area contributed by atoms with Crippen LogP contribution in [-0.4, -0.2) is 39.3 Å². The molecule has 1 saturated heterocycles. The molecule has 1 aliphatic heterocycles. The zero-order chi connectivity index (χ0) is 12.4. The number of alkyl carbamates (subject to hydrolysis) is 1. The van der Waals surface area contributed by atoms with Gasteiger partial charge in [-0.2, -0.15) is 0 Å². The van der Waals surface area contributed by atoms with Gasteiger partial charge in [-0.1, -0.05) is 11.8 Å². The molecule has 1 fully saturated rings. The van der Waals surface area contributed by atoms with Crippen LogP contribution in [0, 0.1) is 0 Å². The number of nitrogens with two attached hydrogens (primary N) is 1. The van der Waals surface area contributed by atoms with Crippen LogP contribution in [0.3, 0.4) is 0 Å². The fourth-order valence-electron chi connectivity index (χ4n) is 1.56. The van der Waals surface area contributed by atoms with Crippen LogP contribution in [-0.2, 0) is 4.74 Å². The van der Waals surface area contributed by atoms with E-state index in [4.69, 9.17) is 10.5 Å². The highest BCUT2D eigenvalue weighted by molar-refractivity contribution is 7.99. The minimum absolute atomic E-state index is 0.119. The van der Waals surface area contributed by atoms with Gasteiger partial charge in [0.2, 0.25) is 5.95 Å². The fourth-order valence-corrected chi connectivity index (χ4v) is 2.63. The van der Waals surface area contributed by atoms with Gasteiger partial charge in [0.1, 0.15) is 6.10 Å². The van der Waals surface area contributed by atoms with Crippen molar-refractivity contribution >= 4 is 23.8 Å². The number of carbonyl (C=O) groups excluding carboxylic acids is 1. The number of rotatable bonds is 4. The molecule has 7 nitrogen and oxygen atoms in total. The smallest absolute Gasteiger partial charge is 0.407 e. The maximum absolute atomic E-state index is 10.8. The highest BCUT2D eigenvalue weighted by Gasteiger charge is 2.23. The second kappa shape index (κ2) is 4.82. The number of nitrogens with one attached hydrogen (secondary N) is 1. The second-order valence-corrected chi connectivity index (χ2v) is 5.01. The summed E-state index contributed by atoms with van der Waals surface area (Å²) in [6, 6.07) is 0.205. The van der Waals surface area contributed by atoms with Crippen molar-refractivity contribution in [2.75, 3.05) is 18.0 Å². The number of nitrogen functional groups attached to an aromatic ring is 1. The Morgan fingerprint density at radius 2 is 2.41 bits per heavy atom. The lowest BCUT2D eigenvalue weighted by Gasteiger charge is -2.12. The predicted octanol–water partition coefficient (Wildman–Crippen LogP) is 0.642. The van der Waals surface area contributed by atoms with Gasteiger partial charge in [0.25, 0.3) is 0 Å². The van der Waals surface area contributed by atoms with Crippen molar-refractivity contribution in [3.8, 4) is 0 Å². The molecule has 1 aromatic rings. The molecule has 8 heteroatoms. The molecule has 1 amide bonds. The molecule has 2 heterocycles. The van der Waals surface area contributed by atoms with Crippen LogP contribution in [0.25, 0.3) is 0 Å². The maximum atomic E-state index is 10.8. The van der Waals surface area contributed by atoms with E-state index in [1.807, 2.05) is 18.4 Å². The van der Waals surface area contributed by atoms with E-state index in [2.05, 4.69) is 15.5 Å². The van der Waals surface area contributed by atoms with Crippen molar-refractivity contribution < 1.29 is 9.53 Å². The van der Waals surface area contributed by atoms with Crippen LogP contribution < -0.4 is 11.1 Å². The number of anilines is 1. The number of carbonyl (C=O) groups is 1. The monoisotopic (exact) mass is 257 g/mol. The number of hydrogen-bond donors (Lipinski definition) is 2. The van der Waals surface area contributed by atoms with E-state index < -0.39 is 0 Å². The molecular formula is C9H15N5O2S. The van der Waals surface area contributed by atoms with Crippen molar-refractivity contribution in [1.29, 1.82) is 0 Å². The number of aromatic nitrogens is 3. The molecule has 0 spiro atoms.